The van der Waals surface area contributed by atoms with E-state index in [0.717, 1.165) is 24.4 Å². The van der Waals surface area contributed by atoms with Crippen LogP contribution in [-0.4, -0.2) is 47.3 Å². The summed E-state index contributed by atoms with van der Waals surface area (Å²) in [6.07, 6.45) is 3.61. The summed E-state index contributed by atoms with van der Waals surface area (Å²) >= 11 is 6.60. The van der Waals surface area contributed by atoms with Crippen LogP contribution in [0, 0.1) is 6.92 Å². The Balaban J connectivity index is 1.50. The minimum atomic E-state index is -0.188. The van der Waals surface area contributed by atoms with E-state index in [2.05, 4.69) is 27.4 Å². The Morgan fingerprint density at radius 1 is 1.09 bits per heavy atom. The Bertz CT molecular complexity index is 1060. The maximum Gasteiger partial charge on any atom is 0.256 e. The van der Waals surface area contributed by atoms with Gasteiger partial charge in [-0.25, -0.2) is 4.68 Å². The van der Waals surface area contributed by atoms with Crippen LogP contribution in [0.25, 0.3) is 0 Å². The van der Waals surface area contributed by atoms with Gasteiger partial charge in [-0.3, -0.25) is 9.69 Å². The molecule has 4 rings (SSSR count). The fourth-order valence-electron chi connectivity index (χ4n) is 4.46. The average Bonchev–Trinajstić information content (AvgIpc) is 3.13. The Hall–Kier alpha value is -2.83. The second-order valence-corrected chi connectivity index (χ2v) is 8.85. The number of halogens is 1. The lowest BCUT2D eigenvalue weighted by Gasteiger charge is -2.35. The van der Waals surface area contributed by atoms with Gasteiger partial charge in [0, 0.05) is 6.54 Å². The van der Waals surface area contributed by atoms with Crippen LogP contribution in [0.2, 0.25) is 5.15 Å². The van der Waals surface area contributed by atoms with E-state index in [1.165, 1.54) is 24.8 Å². The molecule has 0 spiro atoms. The number of aryl methyl sites for hydroxylation is 1. The molecular formula is C26H31ClN4O2. The number of hydrogen-bond donors (Lipinski definition) is 1. The van der Waals surface area contributed by atoms with Crippen molar-refractivity contribution in [2.75, 3.05) is 26.7 Å². The molecule has 1 saturated heterocycles. The van der Waals surface area contributed by atoms with Gasteiger partial charge in [0.25, 0.3) is 5.91 Å². The monoisotopic (exact) mass is 466 g/mol. The van der Waals surface area contributed by atoms with Crippen molar-refractivity contribution in [3.8, 4) is 5.75 Å². The van der Waals surface area contributed by atoms with E-state index in [9.17, 15) is 4.79 Å². The van der Waals surface area contributed by atoms with Crippen molar-refractivity contribution in [1.29, 1.82) is 0 Å². The minimum Gasteiger partial charge on any atom is -0.497 e. The highest BCUT2D eigenvalue weighted by Gasteiger charge is 2.25. The molecule has 2 heterocycles. The van der Waals surface area contributed by atoms with E-state index in [0.29, 0.717) is 29.5 Å². The van der Waals surface area contributed by atoms with E-state index in [1.807, 2.05) is 49.4 Å². The molecule has 2 aromatic carbocycles. The number of amides is 1. The molecule has 3 aromatic rings. The van der Waals surface area contributed by atoms with E-state index in [-0.39, 0.29) is 11.9 Å². The standard InChI is InChI=1S/C26H31ClN4O2/c1-19-24(25(27)31(29-19)18-20-9-5-3-6-10-20)26(32)28-17-23(30-15-7-4-8-16-30)21-11-13-22(33-2)14-12-21/h3,5-6,9-14,23H,4,7-8,15-18H2,1-2H3,(H,28,32)/t23-/m0/s1. The van der Waals surface area contributed by atoms with Gasteiger partial charge in [-0.05, 0) is 56.1 Å². The molecule has 6 nitrogen and oxygen atoms in total. The first kappa shape index (κ1) is 23.3. The van der Waals surface area contributed by atoms with Crippen LogP contribution < -0.4 is 10.1 Å². The highest BCUT2D eigenvalue weighted by Crippen LogP contribution is 2.27. The zero-order valence-electron chi connectivity index (χ0n) is 19.3. The summed E-state index contributed by atoms with van der Waals surface area (Å²) in [7, 11) is 1.67. The van der Waals surface area contributed by atoms with Crippen molar-refractivity contribution in [3.05, 3.63) is 82.1 Å². The van der Waals surface area contributed by atoms with Crippen LogP contribution in [-0.2, 0) is 6.54 Å². The Morgan fingerprint density at radius 2 is 1.79 bits per heavy atom. The zero-order valence-corrected chi connectivity index (χ0v) is 20.0. The van der Waals surface area contributed by atoms with E-state index < -0.39 is 0 Å². The number of nitrogens with one attached hydrogen (secondary N) is 1. The van der Waals surface area contributed by atoms with Crippen LogP contribution in [0.4, 0.5) is 0 Å². The number of carbonyl (C=O) groups is 1. The molecule has 174 valence electrons. The van der Waals surface area contributed by atoms with Crippen LogP contribution in [0.1, 0.15) is 52.5 Å². The molecular weight excluding hydrogens is 436 g/mol. The number of carbonyl (C=O) groups excluding carboxylic acids is 1. The first-order chi connectivity index (χ1) is 16.1. The van der Waals surface area contributed by atoms with Gasteiger partial charge >= 0.3 is 0 Å². The molecule has 1 amide bonds. The number of benzene rings is 2. The molecule has 0 bridgehead atoms. The molecule has 1 N–H and O–H groups in total. The second-order valence-electron chi connectivity index (χ2n) is 8.49. The fourth-order valence-corrected chi connectivity index (χ4v) is 4.78. The molecule has 1 aliphatic heterocycles. The number of hydrogen-bond acceptors (Lipinski definition) is 4. The first-order valence-corrected chi connectivity index (χ1v) is 11.9. The van der Waals surface area contributed by atoms with Gasteiger partial charge in [-0.2, -0.15) is 5.10 Å². The molecule has 0 unspecified atom stereocenters. The van der Waals surface area contributed by atoms with Crippen molar-refractivity contribution in [2.24, 2.45) is 0 Å². The van der Waals surface area contributed by atoms with Gasteiger partial charge in [0.1, 0.15) is 10.9 Å². The third-order valence-corrected chi connectivity index (χ3v) is 6.64. The smallest absolute Gasteiger partial charge is 0.256 e. The van der Waals surface area contributed by atoms with Crippen molar-refractivity contribution in [3.63, 3.8) is 0 Å². The number of piperidine rings is 1. The highest BCUT2D eigenvalue weighted by atomic mass is 35.5. The van der Waals surface area contributed by atoms with Crippen LogP contribution >= 0.6 is 11.6 Å². The lowest BCUT2D eigenvalue weighted by atomic mass is 10.0. The summed E-state index contributed by atoms with van der Waals surface area (Å²) in [4.78, 5) is 15.6. The third-order valence-electron chi connectivity index (χ3n) is 6.26. The number of methoxy groups -OCH3 is 1. The third kappa shape index (κ3) is 5.57. The number of ether oxygens (including phenoxy) is 1. The second kappa shape index (κ2) is 10.9. The molecule has 1 aliphatic rings. The Kier molecular flexibility index (Phi) is 7.68. The van der Waals surface area contributed by atoms with Crippen molar-refractivity contribution in [1.82, 2.24) is 20.0 Å². The predicted octanol–water partition coefficient (Wildman–Crippen LogP) is 4.86. The Morgan fingerprint density at radius 3 is 2.45 bits per heavy atom. The number of rotatable bonds is 8. The minimum absolute atomic E-state index is 0.0959. The molecule has 0 aliphatic carbocycles. The average molecular weight is 467 g/mol. The van der Waals surface area contributed by atoms with Gasteiger partial charge in [-0.15, -0.1) is 0 Å². The molecule has 1 atom stereocenters. The maximum absolute atomic E-state index is 13.2. The SMILES string of the molecule is COc1ccc([C@H](CNC(=O)c2c(C)nn(Cc3ccccc3)c2Cl)N2CCCCC2)cc1. The summed E-state index contributed by atoms with van der Waals surface area (Å²) in [6.45, 7) is 4.91. The van der Waals surface area contributed by atoms with Crippen LogP contribution in [0.5, 0.6) is 5.75 Å². The van der Waals surface area contributed by atoms with E-state index in [1.54, 1.807) is 11.8 Å². The van der Waals surface area contributed by atoms with Crippen molar-refractivity contribution in [2.45, 2.75) is 38.8 Å². The molecule has 1 fully saturated rings. The fraction of sp³-hybridized carbons (Fsp3) is 0.385. The summed E-state index contributed by atoms with van der Waals surface area (Å²) < 4.78 is 7.00. The molecule has 0 saturated carbocycles. The van der Waals surface area contributed by atoms with Gasteiger partial charge in [-0.1, -0.05) is 60.5 Å². The first-order valence-electron chi connectivity index (χ1n) is 11.5. The topological polar surface area (TPSA) is 59.4 Å². The van der Waals surface area contributed by atoms with Gasteiger partial charge in [0.2, 0.25) is 0 Å². The summed E-state index contributed by atoms with van der Waals surface area (Å²) in [5, 5.41) is 8.02. The maximum atomic E-state index is 13.2. The number of likely N-dealkylation sites (tertiary alicyclic amines) is 1. The molecule has 33 heavy (non-hydrogen) atoms. The molecule has 7 heteroatoms. The van der Waals surface area contributed by atoms with Gasteiger partial charge < -0.3 is 10.1 Å². The lowest BCUT2D eigenvalue weighted by Crippen LogP contribution is -2.40. The van der Waals surface area contributed by atoms with Crippen LogP contribution in [0.3, 0.4) is 0 Å². The van der Waals surface area contributed by atoms with E-state index in [4.69, 9.17) is 16.3 Å². The highest BCUT2D eigenvalue weighted by molar-refractivity contribution is 6.33. The Labute approximate surface area is 200 Å². The quantitative estimate of drug-likeness (QED) is 0.515. The van der Waals surface area contributed by atoms with Gasteiger partial charge in [0.05, 0.1) is 31.0 Å². The van der Waals surface area contributed by atoms with Crippen LogP contribution in [0.15, 0.2) is 54.6 Å². The van der Waals surface area contributed by atoms with Gasteiger partial charge in [0.15, 0.2) is 0 Å². The molecule has 1 aromatic heterocycles. The van der Waals surface area contributed by atoms with Crippen molar-refractivity contribution >= 4 is 17.5 Å². The molecule has 0 radical (unpaired) electrons. The predicted molar refractivity (Wildman–Crippen MR) is 131 cm³/mol. The van der Waals surface area contributed by atoms with Crippen molar-refractivity contribution < 1.29 is 9.53 Å². The zero-order chi connectivity index (χ0) is 23.2. The lowest BCUT2D eigenvalue weighted by molar-refractivity contribution is 0.0924. The normalized spacial score (nSPS) is 15.2. The largest absolute Gasteiger partial charge is 0.497 e. The van der Waals surface area contributed by atoms with E-state index >= 15 is 0 Å². The number of aromatic nitrogens is 2. The summed E-state index contributed by atoms with van der Waals surface area (Å²) in [6, 6.07) is 18.2. The summed E-state index contributed by atoms with van der Waals surface area (Å²) in [5.74, 6) is 0.640. The summed E-state index contributed by atoms with van der Waals surface area (Å²) in [5.41, 5.74) is 3.33. The number of nitrogens with zero attached hydrogens (tertiary/aromatic N) is 3.